The average Bonchev–Trinajstić information content (AvgIpc) is 2.84. The van der Waals surface area contributed by atoms with Crippen LogP contribution in [0.25, 0.3) is 5.76 Å². The SMILES string of the molecule is CN(C)CC(=O)CCc1cc(N(C)C)c2c(c1O)C(O)=C1C(=O)[C@]3(O)C(O)=C(C(N)=O)C(=O)[C@@H](N(C)C)[C@@H]3C[C@@H]1C2. The number of amides is 1. The number of nitrogens with two attached hydrogens (primary N) is 1. The van der Waals surface area contributed by atoms with Gasteiger partial charge < -0.3 is 36.0 Å². The number of phenols is 1. The van der Waals surface area contributed by atoms with Crippen molar-refractivity contribution in [1.29, 1.82) is 0 Å². The summed E-state index contributed by atoms with van der Waals surface area (Å²) in [6, 6.07) is 0.618. The number of hydrogen-bond acceptors (Lipinski definition) is 11. The van der Waals surface area contributed by atoms with Crippen molar-refractivity contribution in [1.82, 2.24) is 9.80 Å². The van der Waals surface area contributed by atoms with E-state index in [1.807, 2.05) is 4.90 Å². The van der Waals surface area contributed by atoms with Gasteiger partial charge in [0, 0.05) is 37.7 Å². The number of primary amides is 1. The summed E-state index contributed by atoms with van der Waals surface area (Å²) >= 11 is 0. The van der Waals surface area contributed by atoms with Gasteiger partial charge in [0.1, 0.15) is 28.6 Å². The quantitative estimate of drug-likeness (QED) is 0.267. The molecule has 222 valence electrons. The summed E-state index contributed by atoms with van der Waals surface area (Å²) in [6.07, 6.45) is 0.540. The number of ketones is 3. The molecule has 1 saturated carbocycles. The molecule has 0 radical (unpaired) electrons. The lowest BCUT2D eigenvalue weighted by atomic mass is 9.57. The summed E-state index contributed by atoms with van der Waals surface area (Å²) in [5, 5.41) is 45.6. The van der Waals surface area contributed by atoms with Crippen molar-refractivity contribution < 1.29 is 39.6 Å². The number of aliphatic hydroxyl groups is 3. The highest BCUT2D eigenvalue weighted by Gasteiger charge is 2.64. The van der Waals surface area contributed by atoms with Crippen LogP contribution in [0.4, 0.5) is 5.69 Å². The van der Waals surface area contributed by atoms with Gasteiger partial charge in [-0.05, 0) is 70.6 Å². The van der Waals surface area contributed by atoms with E-state index >= 15 is 0 Å². The lowest BCUT2D eigenvalue weighted by Gasteiger charge is -2.50. The van der Waals surface area contributed by atoms with Gasteiger partial charge in [0.05, 0.1) is 18.2 Å². The number of benzene rings is 1. The summed E-state index contributed by atoms with van der Waals surface area (Å²) in [6.45, 7) is 0.234. The number of aryl methyl sites for hydroxylation is 1. The minimum atomic E-state index is -2.69. The number of aliphatic hydroxyl groups excluding tert-OH is 2. The van der Waals surface area contributed by atoms with Crippen molar-refractivity contribution in [2.45, 2.75) is 37.3 Å². The molecule has 4 atom stereocenters. The van der Waals surface area contributed by atoms with Crippen molar-refractivity contribution in [2.75, 3.05) is 53.7 Å². The fourth-order valence-electron chi connectivity index (χ4n) is 6.64. The second kappa shape index (κ2) is 10.6. The van der Waals surface area contributed by atoms with E-state index in [4.69, 9.17) is 5.73 Å². The highest BCUT2D eigenvalue weighted by Crippen LogP contribution is 2.54. The van der Waals surface area contributed by atoms with Crippen LogP contribution in [0.1, 0.15) is 29.5 Å². The zero-order valence-electron chi connectivity index (χ0n) is 24.2. The van der Waals surface area contributed by atoms with Gasteiger partial charge in [-0.3, -0.25) is 24.1 Å². The largest absolute Gasteiger partial charge is 0.508 e. The topological polar surface area (TPSA) is 185 Å². The highest BCUT2D eigenvalue weighted by molar-refractivity contribution is 6.24. The number of aromatic hydroxyl groups is 1. The molecular formula is C29H38N4O8. The van der Waals surface area contributed by atoms with E-state index in [1.165, 1.54) is 4.90 Å². The van der Waals surface area contributed by atoms with Crippen LogP contribution in [0.5, 0.6) is 5.75 Å². The first-order valence-electron chi connectivity index (χ1n) is 13.4. The molecule has 0 aromatic heterocycles. The van der Waals surface area contributed by atoms with E-state index in [9.17, 15) is 39.6 Å². The smallest absolute Gasteiger partial charge is 0.255 e. The van der Waals surface area contributed by atoms with Crippen LogP contribution in [-0.2, 0) is 32.0 Å². The lowest BCUT2D eigenvalue weighted by Crippen LogP contribution is -2.65. The molecule has 0 bridgehead atoms. The molecule has 1 aromatic carbocycles. The monoisotopic (exact) mass is 570 g/mol. The first kappa shape index (κ1) is 30.2. The number of carbonyl (C=O) groups excluding carboxylic acids is 4. The second-order valence-corrected chi connectivity index (χ2v) is 11.9. The zero-order chi connectivity index (χ0) is 30.7. The number of nitrogens with zero attached hydrogens (tertiary/aromatic N) is 3. The molecule has 6 N–H and O–H groups in total. The van der Waals surface area contributed by atoms with E-state index < -0.39 is 58.0 Å². The molecule has 0 aliphatic heterocycles. The van der Waals surface area contributed by atoms with Crippen LogP contribution in [0.3, 0.4) is 0 Å². The Labute approximate surface area is 238 Å². The molecule has 1 fully saturated rings. The Morgan fingerprint density at radius 3 is 2.24 bits per heavy atom. The Hall–Kier alpha value is -3.74. The van der Waals surface area contributed by atoms with Crippen molar-refractivity contribution in [3.05, 3.63) is 39.7 Å². The number of rotatable bonds is 8. The number of carbonyl (C=O) groups is 4. The summed E-state index contributed by atoms with van der Waals surface area (Å²) in [4.78, 5) is 56.8. The minimum absolute atomic E-state index is 0.0141. The number of Topliss-reactive ketones (excluding diaryl/α,β-unsaturated/α-hetero) is 3. The van der Waals surface area contributed by atoms with Crippen molar-refractivity contribution in [2.24, 2.45) is 17.6 Å². The van der Waals surface area contributed by atoms with Crippen LogP contribution in [0.2, 0.25) is 0 Å². The van der Waals surface area contributed by atoms with Crippen LogP contribution in [0.15, 0.2) is 23.0 Å². The third-order valence-corrected chi connectivity index (χ3v) is 8.42. The molecule has 0 unspecified atom stereocenters. The van der Waals surface area contributed by atoms with E-state index in [1.54, 1.807) is 53.3 Å². The lowest BCUT2D eigenvalue weighted by molar-refractivity contribution is -0.153. The van der Waals surface area contributed by atoms with Crippen molar-refractivity contribution in [3.8, 4) is 5.75 Å². The van der Waals surface area contributed by atoms with E-state index in [0.29, 0.717) is 16.8 Å². The molecule has 3 aliphatic rings. The maximum atomic E-state index is 14.0. The third-order valence-electron chi connectivity index (χ3n) is 8.42. The molecule has 12 heteroatoms. The first-order chi connectivity index (χ1) is 19.0. The fraction of sp³-hybridized carbons (Fsp3) is 0.517. The van der Waals surface area contributed by atoms with Gasteiger partial charge >= 0.3 is 0 Å². The standard InChI is InChI=1S/C29H38N4O8/c1-31(2)12-15(34)8-7-13-11-18(32(3)4)16-9-14-10-17-22(33(5)6)25(37)21(28(30)40)27(39)29(17,41)26(38)19(14)24(36)20(16)23(13)35/h11,14,17,22,35-36,39,41H,7-10,12H2,1-6H3,(H2,30,40)/t14-,17-,22-,29-/m0/s1. The average molecular weight is 571 g/mol. The molecule has 1 amide bonds. The van der Waals surface area contributed by atoms with Gasteiger partial charge in [0.2, 0.25) is 5.78 Å². The first-order valence-corrected chi connectivity index (χ1v) is 13.4. The Balaban J connectivity index is 1.90. The van der Waals surface area contributed by atoms with Crippen molar-refractivity contribution >= 4 is 34.7 Å². The zero-order valence-corrected chi connectivity index (χ0v) is 24.2. The molecule has 1 aromatic rings. The number of likely N-dealkylation sites (N-methyl/N-ethyl adjacent to an activating group) is 2. The van der Waals surface area contributed by atoms with E-state index in [0.717, 1.165) is 0 Å². The van der Waals surface area contributed by atoms with Crippen LogP contribution in [-0.4, -0.2) is 114 Å². The number of anilines is 1. The number of fused-ring (bicyclic) bond motifs is 3. The van der Waals surface area contributed by atoms with Gasteiger partial charge in [-0.2, -0.15) is 0 Å². The summed E-state index contributed by atoms with van der Waals surface area (Å²) in [5.41, 5.74) is 3.28. The van der Waals surface area contributed by atoms with Crippen LogP contribution in [0, 0.1) is 11.8 Å². The molecule has 4 rings (SSSR count). The van der Waals surface area contributed by atoms with Gasteiger partial charge in [-0.25, -0.2) is 0 Å². The Bertz CT molecular complexity index is 1410. The van der Waals surface area contributed by atoms with Crippen LogP contribution >= 0.6 is 0 Å². The molecule has 0 heterocycles. The van der Waals surface area contributed by atoms with Crippen LogP contribution < -0.4 is 10.6 Å². The van der Waals surface area contributed by atoms with E-state index in [-0.39, 0.29) is 54.9 Å². The molecule has 12 nitrogen and oxygen atoms in total. The van der Waals surface area contributed by atoms with Gasteiger partial charge in [0.15, 0.2) is 11.4 Å². The molecule has 3 aliphatic carbocycles. The number of hydrogen-bond donors (Lipinski definition) is 5. The van der Waals surface area contributed by atoms with Gasteiger partial charge in [-0.15, -0.1) is 0 Å². The Morgan fingerprint density at radius 2 is 1.71 bits per heavy atom. The maximum Gasteiger partial charge on any atom is 0.255 e. The highest BCUT2D eigenvalue weighted by atomic mass is 16.3. The molecular weight excluding hydrogens is 532 g/mol. The van der Waals surface area contributed by atoms with E-state index in [2.05, 4.69) is 0 Å². The predicted octanol–water partition coefficient (Wildman–Crippen LogP) is 0.0933. The van der Waals surface area contributed by atoms with Crippen molar-refractivity contribution in [3.63, 3.8) is 0 Å². The predicted molar refractivity (Wildman–Crippen MR) is 150 cm³/mol. The fourth-order valence-corrected chi connectivity index (χ4v) is 6.64. The minimum Gasteiger partial charge on any atom is -0.508 e. The summed E-state index contributed by atoms with van der Waals surface area (Å²) < 4.78 is 0. The van der Waals surface area contributed by atoms with Gasteiger partial charge in [0.25, 0.3) is 5.91 Å². The summed E-state index contributed by atoms with van der Waals surface area (Å²) in [7, 11) is 10.3. The third kappa shape index (κ3) is 4.69. The molecule has 41 heavy (non-hydrogen) atoms. The Kier molecular flexibility index (Phi) is 7.80. The summed E-state index contributed by atoms with van der Waals surface area (Å²) in [5.74, 6) is -6.93. The van der Waals surface area contributed by atoms with Gasteiger partial charge in [-0.1, -0.05) is 0 Å². The maximum absolute atomic E-state index is 14.0. The normalized spacial score (nSPS) is 25.8. The molecule has 0 spiro atoms. The molecule has 0 saturated heterocycles. The second-order valence-electron chi connectivity index (χ2n) is 11.9. The Morgan fingerprint density at radius 1 is 1.07 bits per heavy atom. The number of phenolic OH excluding ortho intramolecular Hbond substituents is 1.